The standard InChI is InChI=1S/C23H27N3O3S/c1-16-7-5-8-17(13-16)29-12-6-11-24-20(27)14-26-15-25-22-21(23(26)28)18-9-3-2-4-10-19(18)30-22/h5,7-8,13,15H,2-4,6,9-12,14H2,1H3,(H,24,27). The topological polar surface area (TPSA) is 73.2 Å². The average molecular weight is 426 g/mol. The lowest BCUT2D eigenvalue weighted by atomic mass is 10.1. The lowest BCUT2D eigenvalue weighted by Gasteiger charge is -2.09. The van der Waals surface area contributed by atoms with Crippen LogP contribution in [0.2, 0.25) is 0 Å². The van der Waals surface area contributed by atoms with Crippen molar-refractivity contribution in [3.63, 3.8) is 0 Å². The minimum atomic E-state index is -0.185. The third-order valence-corrected chi connectivity index (χ3v) is 6.61. The molecule has 2 aromatic heterocycles. The van der Waals surface area contributed by atoms with Crippen LogP contribution in [0, 0.1) is 6.92 Å². The molecule has 7 heteroatoms. The van der Waals surface area contributed by atoms with E-state index in [1.165, 1.54) is 28.6 Å². The van der Waals surface area contributed by atoms with Crippen LogP contribution in [-0.4, -0.2) is 28.6 Å². The van der Waals surface area contributed by atoms with E-state index in [-0.39, 0.29) is 18.0 Å². The maximum absolute atomic E-state index is 13.0. The Morgan fingerprint density at radius 1 is 1.27 bits per heavy atom. The first-order chi connectivity index (χ1) is 14.6. The van der Waals surface area contributed by atoms with Gasteiger partial charge < -0.3 is 10.1 Å². The fourth-order valence-electron chi connectivity index (χ4n) is 3.88. The predicted molar refractivity (Wildman–Crippen MR) is 119 cm³/mol. The third kappa shape index (κ3) is 4.73. The number of amides is 1. The van der Waals surface area contributed by atoms with Gasteiger partial charge in [0, 0.05) is 11.4 Å². The quantitative estimate of drug-likeness (QED) is 0.464. The average Bonchev–Trinajstić information content (AvgIpc) is 2.92. The Kier molecular flexibility index (Phi) is 6.47. The van der Waals surface area contributed by atoms with E-state index in [1.54, 1.807) is 11.3 Å². The number of carbonyl (C=O) groups excluding carboxylic acids is 1. The Morgan fingerprint density at radius 3 is 3.00 bits per heavy atom. The number of carbonyl (C=O) groups is 1. The van der Waals surface area contributed by atoms with Gasteiger partial charge >= 0.3 is 0 Å². The van der Waals surface area contributed by atoms with Crippen LogP contribution >= 0.6 is 11.3 Å². The van der Waals surface area contributed by atoms with Gasteiger partial charge in [0.1, 0.15) is 17.1 Å². The molecular weight excluding hydrogens is 398 g/mol. The van der Waals surface area contributed by atoms with Crippen molar-refractivity contribution in [3.8, 4) is 5.75 Å². The van der Waals surface area contributed by atoms with Crippen molar-refractivity contribution in [2.24, 2.45) is 0 Å². The molecule has 0 saturated carbocycles. The smallest absolute Gasteiger partial charge is 0.262 e. The molecule has 0 saturated heterocycles. The van der Waals surface area contributed by atoms with Gasteiger partial charge in [-0.3, -0.25) is 14.2 Å². The minimum absolute atomic E-state index is 0.00880. The lowest BCUT2D eigenvalue weighted by Crippen LogP contribution is -2.33. The summed E-state index contributed by atoms with van der Waals surface area (Å²) in [5, 5.41) is 3.59. The number of fused-ring (bicyclic) bond motifs is 3. The first-order valence-electron chi connectivity index (χ1n) is 10.6. The van der Waals surface area contributed by atoms with Crippen LogP contribution in [0.15, 0.2) is 35.4 Å². The number of ether oxygens (including phenoxy) is 1. The maximum atomic E-state index is 13.0. The van der Waals surface area contributed by atoms with Gasteiger partial charge in [-0.05, 0) is 62.3 Å². The predicted octanol–water partition coefficient (Wildman–Crippen LogP) is 3.62. The molecule has 4 rings (SSSR count). The van der Waals surface area contributed by atoms with Gasteiger partial charge in [-0.15, -0.1) is 11.3 Å². The number of nitrogens with zero attached hydrogens (tertiary/aromatic N) is 2. The van der Waals surface area contributed by atoms with E-state index in [2.05, 4.69) is 10.3 Å². The molecule has 6 nitrogen and oxygen atoms in total. The SMILES string of the molecule is Cc1cccc(OCCCNC(=O)Cn2cnc3sc4c(c3c2=O)CCCCC4)c1. The number of aromatic nitrogens is 2. The second-order valence-corrected chi connectivity index (χ2v) is 8.87. The van der Waals surface area contributed by atoms with Gasteiger partial charge in [0.25, 0.3) is 5.56 Å². The summed E-state index contributed by atoms with van der Waals surface area (Å²) >= 11 is 1.63. The highest BCUT2D eigenvalue weighted by Gasteiger charge is 2.19. The molecule has 0 radical (unpaired) electrons. The van der Waals surface area contributed by atoms with Crippen molar-refractivity contribution in [3.05, 3.63) is 57.0 Å². The van der Waals surface area contributed by atoms with Crippen LogP contribution in [0.4, 0.5) is 0 Å². The fourth-order valence-corrected chi connectivity index (χ4v) is 5.10. The van der Waals surface area contributed by atoms with Crippen molar-refractivity contribution in [1.82, 2.24) is 14.9 Å². The van der Waals surface area contributed by atoms with Crippen LogP contribution in [-0.2, 0) is 24.2 Å². The van der Waals surface area contributed by atoms with E-state index < -0.39 is 0 Å². The van der Waals surface area contributed by atoms with Gasteiger partial charge in [-0.1, -0.05) is 18.6 Å². The van der Waals surface area contributed by atoms with Crippen LogP contribution in [0.25, 0.3) is 10.2 Å². The summed E-state index contributed by atoms with van der Waals surface area (Å²) < 4.78 is 7.12. The lowest BCUT2D eigenvalue weighted by molar-refractivity contribution is -0.121. The first-order valence-corrected chi connectivity index (χ1v) is 11.4. The van der Waals surface area contributed by atoms with E-state index >= 15 is 0 Å². The maximum Gasteiger partial charge on any atom is 0.262 e. The van der Waals surface area contributed by atoms with Crippen molar-refractivity contribution in [2.45, 2.75) is 52.0 Å². The molecule has 1 N–H and O–H groups in total. The molecule has 0 spiro atoms. The van der Waals surface area contributed by atoms with Crippen molar-refractivity contribution in [1.29, 1.82) is 0 Å². The molecule has 0 aliphatic heterocycles. The van der Waals surface area contributed by atoms with Crippen LogP contribution in [0.5, 0.6) is 5.75 Å². The Labute approximate surface area is 179 Å². The van der Waals surface area contributed by atoms with Crippen molar-refractivity contribution >= 4 is 27.5 Å². The molecule has 1 aliphatic rings. The molecule has 0 fully saturated rings. The highest BCUT2D eigenvalue weighted by atomic mass is 32.1. The highest BCUT2D eigenvalue weighted by molar-refractivity contribution is 7.18. The number of hydrogen-bond acceptors (Lipinski definition) is 5. The second kappa shape index (κ2) is 9.43. The zero-order chi connectivity index (χ0) is 20.9. The summed E-state index contributed by atoms with van der Waals surface area (Å²) in [5.74, 6) is 0.650. The molecule has 1 aliphatic carbocycles. The van der Waals surface area contributed by atoms with Gasteiger partial charge in [0.05, 0.1) is 18.3 Å². The summed E-state index contributed by atoms with van der Waals surface area (Å²) in [4.78, 5) is 31.9. The largest absolute Gasteiger partial charge is 0.494 e. The number of nitrogens with one attached hydrogen (secondary N) is 1. The summed E-state index contributed by atoms with van der Waals surface area (Å²) in [5.41, 5.74) is 2.21. The number of hydrogen-bond donors (Lipinski definition) is 1. The van der Waals surface area contributed by atoms with E-state index in [1.807, 2.05) is 31.2 Å². The van der Waals surface area contributed by atoms with Gasteiger partial charge in [0.2, 0.25) is 5.91 Å². The molecular formula is C23H27N3O3S. The van der Waals surface area contributed by atoms with Crippen LogP contribution in [0.1, 0.15) is 41.7 Å². The van der Waals surface area contributed by atoms with E-state index in [4.69, 9.17) is 4.74 Å². The molecule has 158 valence electrons. The Bertz CT molecular complexity index is 1100. The number of aryl methyl sites for hydroxylation is 3. The molecule has 1 aromatic carbocycles. The molecule has 1 amide bonds. The fraction of sp³-hybridized carbons (Fsp3) is 0.435. The first kappa shape index (κ1) is 20.6. The van der Waals surface area contributed by atoms with Gasteiger partial charge in [-0.25, -0.2) is 4.98 Å². The Balaban J connectivity index is 1.32. The van der Waals surface area contributed by atoms with E-state index in [0.29, 0.717) is 19.6 Å². The molecule has 0 unspecified atom stereocenters. The zero-order valence-corrected chi connectivity index (χ0v) is 18.1. The molecule has 2 heterocycles. The van der Waals surface area contributed by atoms with Gasteiger partial charge in [-0.2, -0.15) is 0 Å². The molecule has 3 aromatic rings. The van der Waals surface area contributed by atoms with Crippen molar-refractivity contribution in [2.75, 3.05) is 13.2 Å². The molecule has 0 bridgehead atoms. The normalized spacial score (nSPS) is 13.6. The highest BCUT2D eigenvalue weighted by Crippen LogP contribution is 2.32. The third-order valence-electron chi connectivity index (χ3n) is 5.41. The summed E-state index contributed by atoms with van der Waals surface area (Å²) in [6.07, 6.45) is 7.64. The monoisotopic (exact) mass is 425 g/mol. The van der Waals surface area contributed by atoms with Crippen LogP contribution in [0.3, 0.4) is 0 Å². The van der Waals surface area contributed by atoms with Gasteiger partial charge in [0.15, 0.2) is 0 Å². The molecule has 30 heavy (non-hydrogen) atoms. The number of benzene rings is 1. The Morgan fingerprint density at radius 2 is 2.13 bits per heavy atom. The van der Waals surface area contributed by atoms with Crippen molar-refractivity contribution < 1.29 is 9.53 Å². The Hall–Kier alpha value is -2.67. The van der Waals surface area contributed by atoms with Crippen LogP contribution < -0.4 is 15.6 Å². The van der Waals surface area contributed by atoms with E-state index in [0.717, 1.165) is 46.4 Å². The number of rotatable bonds is 7. The summed E-state index contributed by atoms with van der Waals surface area (Å²) in [7, 11) is 0. The second-order valence-electron chi connectivity index (χ2n) is 7.79. The minimum Gasteiger partial charge on any atom is -0.494 e. The zero-order valence-electron chi connectivity index (χ0n) is 17.3. The number of thiophene rings is 1. The summed E-state index contributed by atoms with van der Waals surface area (Å²) in [6, 6.07) is 7.89. The summed E-state index contributed by atoms with van der Waals surface area (Å²) in [6.45, 7) is 3.04. The van der Waals surface area contributed by atoms with E-state index in [9.17, 15) is 9.59 Å². The molecule has 0 atom stereocenters.